The highest BCUT2D eigenvalue weighted by Gasteiger charge is 2.44. The lowest BCUT2D eigenvalue weighted by Crippen LogP contribution is -2.44. The second kappa shape index (κ2) is 9.25. The summed E-state index contributed by atoms with van der Waals surface area (Å²) in [6, 6.07) is 7.92. The molecule has 1 heterocycles. The third kappa shape index (κ3) is 4.72. The molecular formula is C22H28F3N3O2. The molecule has 5 nitrogen and oxygen atoms in total. The van der Waals surface area contributed by atoms with Gasteiger partial charge >= 0.3 is 12.3 Å². The summed E-state index contributed by atoms with van der Waals surface area (Å²) in [4.78, 5) is 16.0. The molecule has 0 aromatic heterocycles. The number of nitriles is 1. The molecule has 0 unspecified atom stereocenters. The minimum Gasteiger partial charge on any atom is -0.450 e. The highest BCUT2D eigenvalue weighted by Crippen LogP contribution is 2.45. The maximum atomic E-state index is 13.5. The summed E-state index contributed by atoms with van der Waals surface area (Å²) < 4.78 is 45.6. The van der Waals surface area contributed by atoms with Gasteiger partial charge in [-0.05, 0) is 50.7 Å². The van der Waals surface area contributed by atoms with Crippen molar-refractivity contribution < 1.29 is 22.7 Å². The Labute approximate surface area is 175 Å². The van der Waals surface area contributed by atoms with E-state index in [9.17, 15) is 23.2 Å². The fourth-order valence-corrected chi connectivity index (χ4v) is 4.75. The number of hydrogen-bond acceptors (Lipinski definition) is 4. The van der Waals surface area contributed by atoms with Crippen LogP contribution in [0.3, 0.4) is 0 Å². The number of rotatable bonds is 3. The first-order valence-electron chi connectivity index (χ1n) is 10.5. The fourth-order valence-electron chi connectivity index (χ4n) is 4.75. The molecule has 0 radical (unpaired) electrons. The molecule has 1 amide bonds. The molecule has 8 heteroatoms. The van der Waals surface area contributed by atoms with E-state index in [2.05, 4.69) is 11.0 Å². The second-order valence-corrected chi connectivity index (χ2v) is 8.04. The van der Waals surface area contributed by atoms with E-state index < -0.39 is 17.2 Å². The Bertz CT molecular complexity index is 783. The number of alkyl halides is 3. The SMILES string of the molecule is CCOC(=O)N1CCCN(C2CCC(C#N)(c3ccccc3C(F)(F)F)CC2)CC1. The number of ether oxygens (including phenoxy) is 1. The maximum Gasteiger partial charge on any atom is 0.416 e. The van der Waals surface area contributed by atoms with Crippen LogP contribution in [0.15, 0.2) is 24.3 Å². The summed E-state index contributed by atoms with van der Waals surface area (Å²) in [6.45, 7) is 4.89. The van der Waals surface area contributed by atoms with Crippen molar-refractivity contribution in [2.45, 2.75) is 56.7 Å². The molecule has 0 bridgehead atoms. The van der Waals surface area contributed by atoms with Crippen molar-refractivity contribution in [3.8, 4) is 6.07 Å². The van der Waals surface area contributed by atoms with E-state index >= 15 is 0 Å². The summed E-state index contributed by atoms with van der Waals surface area (Å²) in [5, 5.41) is 9.88. The molecule has 1 aliphatic heterocycles. The first kappa shape index (κ1) is 22.4. The topological polar surface area (TPSA) is 56.6 Å². The molecule has 1 saturated heterocycles. The molecule has 1 aliphatic carbocycles. The van der Waals surface area contributed by atoms with E-state index in [4.69, 9.17) is 4.74 Å². The molecule has 164 valence electrons. The van der Waals surface area contributed by atoms with E-state index in [1.54, 1.807) is 17.9 Å². The van der Waals surface area contributed by atoms with E-state index in [0.717, 1.165) is 19.0 Å². The second-order valence-electron chi connectivity index (χ2n) is 8.04. The van der Waals surface area contributed by atoms with Crippen molar-refractivity contribution in [1.82, 2.24) is 9.80 Å². The van der Waals surface area contributed by atoms with Crippen molar-refractivity contribution in [2.75, 3.05) is 32.8 Å². The van der Waals surface area contributed by atoms with Gasteiger partial charge in [-0.25, -0.2) is 4.79 Å². The van der Waals surface area contributed by atoms with Gasteiger partial charge < -0.3 is 9.64 Å². The summed E-state index contributed by atoms with van der Waals surface area (Å²) in [5.74, 6) is 0. The van der Waals surface area contributed by atoms with Gasteiger partial charge in [0.25, 0.3) is 0 Å². The van der Waals surface area contributed by atoms with Gasteiger partial charge in [0.15, 0.2) is 0 Å². The van der Waals surface area contributed by atoms with Crippen LogP contribution in [0, 0.1) is 11.3 Å². The minimum atomic E-state index is -4.47. The van der Waals surface area contributed by atoms with E-state index in [1.165, 1.54) is 12.1 Å². The normalized spacial score (nSPS) is 26.0. The molecule has 0 spiro atoms. The Balaban J connectivity index is 1.68. The van der Waals surface area contributed by atoms with Crippen molar-refractivity contribution >= 4 is 6.09 Å². The van der Waals surface area contributed by atoms with Crippen LogP contribution in [0.1, 0.15) is 50.2 Å². The number of nitrogens with zero attached hydrogens (tertiary/aromatic N) is 3. The van der Waals surface area contributed by atoms with Gasteiger partial charge in [0, 0.05) is 32.2 Å². The highest BCUT2D eigenvalue weighted by atomic mass is 19.4. The lowest BCUT2D eigenvalue weighted by Gasteiger charge is -2.41. The van der Waals surface area contributed by atoms with Crippen LogP contribution >= 0.6 is 0 Å². The van der Waals surface area contributed by atoms with E-state index in [-0.39, 0.29) is 17.7 Å². The number of carbonyl (C=O) groups is 1. The molecule has 0 atom stereocenters. The van der Waals surface area contributed by atoms with Crippen LogP contribution in [0.25, 0.3) is 0 Å². The molecule has 3 rings (SSSR count). The average molecular weight is 423 g/mol. The summed E-state index contributed by atoms with van der Waals surface area (Å²) in [5.41, 5.74) is -1.71. The number of benzene rings is 1. The Kier molecular flexibility index (Phi) is 6.91. The van der Waals surface area contributed by atoms with Gasteiger partial charge in [-0.15, -0.1) is 0 Å². The summed E-state index contributed by atoms with van der Waals surface area (Å²) in [6.07, 6.45) is -1.80. The number of amides is 1. The zero-order valence-corrected chi connectivity index (χ0v) is 17.2. The number of hydrogen-bond donors (Lipinski definition) is 0. The predicted octanol–water partition coefficient (Wildman–Crippen LogP) is 4.57. The van der Waals surface area contributed by atoms with Crippen molar-refractivity contribution in [1.29, 1.82) is 5.26 Å². The third-order valence-corrected chi connectivity index (χ3v) is 6.34. The zero-order valence-electron chi connectivity index (χ0n) is 17.2. The van der Waals surface area contributed by atoms with Crippen molar-refractivity contribution in [3.05, 3.63) is 35.4 Å². The summed E-state index contributed by atoms with van der Waals surface area (Å²) in [7, 11) is 0. The van der Waals surface area contributed by atoms with Crippen molar-refractivity contribution in [3.63, 3.8) is 0 Å². The van der Waals surface area contributed by atoms with Gasteiger partial charge in [-0.2, -0.15) is 18.4 Å². The molecule has 0 N–H and O–H groups in total. The van der Waals surface area contributed by atoms with Crippen LogP contribution in [0.2, 0.25) is 0 Å². The number of halogens is 3. The van der Waals surface area contributed by atoms with Crippen LogP contribution in [-0.4, -0.2) is 54.7 Å². The predicted molar refractivity (Wildman–Crippen MR) is 106 cm³/mol. The van der Waals surface area contributed by atoms with Gasteiger partial charge in [0.1, 0.15) is 0 Å². The number of carbonyl (C=O) groups excluding carboxylic acids is 1. The van der Waals surface area contributed by atoms with Crippen LogP contribution in [-0.2, 0) is 16.3 Å². The Morgan fingerprint density at radius 2 is 1.90 bits per heavy atom. The Hall–Kier alpha value is -2.27. The lowest BCUT2D eigenvalue weighted by molar-refractivity contribution is -0.138. The molecule has 2 aliphatic rings. The van der Waals surface area contributed by atoms with Gasteiger partial charge in [-0.3, -0.25) is 4.90 Å². The van der Waals surface area contributed by atoms with Gasteiger partial charge in [0.2, 0.25) is 0 Å². The largest absolute Gasteiger partial charge is 0.450 e. The van der Waals surface area contributed by atoms with Gasteiger partial charge in [0.05, 0.1) is 23.7 Å². The average Bonchev–Trinajstić information content (AvgIpc) is 3.00. The fraction of sp³-hybridized carbons (Fsp3) is 0.636. The van der Waals surface area contributed by atoms with E-state index in [0.29, 0.717) is 51.9 Å². The van der Waals surface area contributed by atoms with Gasteiger partial charge in [-0.1, -0.05) is 18.2 Å². The van der Waals surface area contributed by atoms with Crippen LogP contribution in [0.5, 0.6) is 0 Å². The quantitative estimate of drug-likeness (QED) is 0.715. The first-order valence-corrected chi connectivity index (χ1v) is 10.5. The van der Waals surface area contributed by atoms with Crippen LogP contribution < -0.4 is 0 Å². The smallest absolute Gasteiger partial charge is 0.416 e. The highest BCUT2D eigenvalue weighted by molar-refractivity contribution is 5.67. The molecule has 2 fully saturated rings. The standard InChI is InChI=1S/C22H28F3N3O2/c1-2-30-20(29)28-13-5-12-27(14-15-28)17-8-10-21(16-26,11-9-17)18-6-3-4-7-19(18)22(23,24)25/h3-4,6-7,17H,2,5,8-15H2,1H3. The molecule has 1 saturated carbocycles. The van der Waals surface area contributed by atoms with Crippen molar-refractivity contribution in [2.24, 2.45) is 0 Å². The molecule has 1 aromatic carbocycles. The monoisotopic (exact) mass is 423 g/mol. The third-order valence-electron chi connectivity index (χ3n) is 6.34. The zero-order chi connectivity index (χ0) is 21.8. The lowest BCUT2D eigenvalue weighted by atomic mass is 9.67. The Morgan fingerprint density at radius 1 is 1.20 bits per heavy atom. The molecule has 30 heavy (non-hydrogen) atoms. The summed E-state index contributed by atoms with van der Waals surface area (Å²) >= 11 is 0. The minimum absolute atomic E-state index is 0.0998. The molecular weight excluding hydrogens is 395 g/mol. The first-order chi connectivity index (χ1) is 14.3. The maximum absolute atomic E-state index is 13.5. The van der Waals surface area contributed by atoms with E-state index in [1.807, 2.05) is 0 Å². The Morgan fingerprint density at radius 3 is 2.53 bits per heavy atom. The van der Waals surface area contributed by atoms with Crippen LogP contribution in [0.4, 0.5) is 18.0 Å². The molecule has 1 aromatic rings.